The van der Waals surface area contributed by atoms with Gasteiger partial charge in [-0.05, 0) is 37.8 Å². The predicted octanol–water partition coefficient (Wildman–Crippen LogP) is 2.10. The van der Waals surface area contributed by atoms with E-state index in [1.54, 1.807) is 7.11 Å². The van der Waals surface area contributed by atoms with Crippen molar-refractivity contribution in [2.75, 3.05) is 32.1 Å². The molecule has 3 N–H and O–H groups in total. The number of nitrogens with zero attached hydrogens (tertiary/aromatic N) is 1. The highest BCUT2D eigenvalue weighted by Gasteiger charge is 2.28. The number of benzene rings is 1. The zero-order valence-electron chi connectivity index (χ0n) is 14.2. The van der Waals surface area contributed by atoms with Crippen LogP contribution in [0, 0.1) is 13.8 Å². The van der Waals surface area contributed by atoms with Gasteiger partial charge in [-0.2, -0.15) is 0 Å². The second-order valence-electron chi connectivity index (χ2n) is 6.06. The standard InChI is InChI=1S/C17H27N3O2.ClH/c1-12-5-4-6-13(2)17(12)19-16(21)11-20-8-7-15(22-3)9-14(20)10-18;/h4-6,14-15H,7-11,18H2,1-3H3,(H,19,21);1H. The highest BCUT2D eigenvalue weighted by Crippen LogP contribution is 2.21. The summed E-state index contributed by atoms with van der Waals surface area (Å²) in [5, 5.41) is 3.04. The summed E-state index contributed by atoms with van der Waals surface area (Å²) in [6, 6.07) is 6.23. The summed E-state index contributed by atoms with van der Waals surface area (Å²) < 4.78 is 5.42. The summed E-state index contributed by atoms with van der Waals surface area (Å²) in [4.78, 5) is 14.5. The number of carbonyl (C=O) groups is 1. The molecule has 6 heteroatoms. The largest absolute Gasteiger partial charge is 0.381 e. The first kappa shape index (κ1) is 19.9. The number of aryl methyl sites for hydroxylation is 2. The summed E-state index contributed by atoms with van der Waals surface area (Å²) in [6.45, 7) is 5.80. The molecule has 1 aromatic rings. The molecular weight excluding hydrogens is 314 g/mol. The topological polar surface area (TPSA) is 67.6 Å². The van der Waals surface area contributed by atoms with Gasteiger partial charge in [-0.25, -0.2) is 0 Å². The molecule has 0 bridgehead atoms. The summed E-state index contributed by atoms with van der Waals surface area (Å²) in [5.41, 5.74) is 8.95. The maximum Gasteiger partial charge on any atom is 0.238 e. The molecule has 0 aliphatic carbocycles. The van der Waals surface area contributed by atoms with Gasteiger partial charge in [0.2, 0.25) is 5.91 Å². The Hall–Kier alpha value is -1.14. The molecule has 130 valence electrons. The Morgan fingerprint density at radius 3 is 2.61 bits per heavy atom. The molecule has 1 aromatic carbocycles. The summed E-state index contributed by atoms with van der Waals surface area (Å²) in [5.74, 6) is 0.0201. The summed E-state index contributed by atoms with van der Waals surface area (Å²) >= 11 is 0. The van der Waals surface area contributed by atoms with Crippen LogP contribution in [-0.4, -0.2) is 49.7 Å². The second-order valence-corrected chi connectivity index (χ2v) is 6.06. The van der Waals surface area contributed by atoms with Crippen LogP contribution in [0.2, 0.25) is 0 Å². The van der Waals surface area contributed by atoms with E-state index in [9.17, 15) is 4.79 Å². The van der Waals surface area contributed by atoms with E-state index in [4.69, 9.17) is 10.5 Å². The number of para-hydroxylation sites is 1. The number of anilines is 1. The Labute approximate surface area is 145 Å². The molecule has 0 aromatic heterocycles. The van der Waals surface area contributed by atoms with Crippen molar-refractivity contribution in [3.63, 3.8) is 0 Å². The van der Waals surface area contributed by atoms with Crippen LogP contribution < -0.4 is 11.1 Å². The predicted molar refractivity (Wildman–Crippen MR) is 96.2 cm³/mol. The monoisotopic (exact) mass is 341 g/mol. The molecule has 1 saturated heterocycles. The van der Waals surface area contributed by atoms with Gasteiger partial charge in [-0.15, -0.1) is 12.4 Å². The molecule has 0 radical (unpaired) electrons. The van der Waals surface area contributed by atoms with Crippen LogP contribution in [0.5, 0.6) is 0 Å². The Kier molecular flexibility index (Phi) is 7.99. The van der Waals surface area contributed by atoms with Gasteiger partial charge in [-0.1, -0.05) is 18.2 Å². The Balaban J connectivity index is 0.00000264. The number of likely N-dealkylation sites (tertiary alicyclic amines) is 1. The maximum absolute atomic E-state index is 12.4. The van der Waals surface area contributed by atoms with Gasteiger partial charge in [0, 0.05) is 31.9 Å². The molecular formula is C17H28ClN3O2. The quantitative estimate of drug-likeness (QED) is 0.860. The van der Waals surface area contributed by atoms with Crippen LogP contribution in [0.4, 0.5) is 5.69 Å². The molecule has 1 aliphatic heterocycles. The molecule has 2 rings (SSSR count). The number of piperidine rings is 1. The van der Waals surface area contributed by atoms with Gasteiger partial charge in [0.05, 0.1) is 12.6 Å². The average molecular weight is 342 g/mol. The van der Waals surface area contributed by atoms with E-state index < -0.39 is 0 Å². The lowest BCUT2D eigenvalue weighted by molar-refractivity contribution is -0.118. The van der Waals surface area contributed by atoms with E-state index in [2.05, 4.69) is 10.2 Å². The van der Waals surface area contributed by atoms with Crippen molar-refractivity contribution in [1.29, 1.82) is 0 Å². The zero-order chi connectivity index (χ0) is 16.1. The van der Waals surface area contributed by atoms with Crippen molar-refractivity contribution in [2.24, 2.45) is 5.73 Å². The minimum absolute atomic E-state index is 0. The first-order valence-electron chi connectivity index (χ1n) is 7.88. The first-order chi connectivity index (χ1) is 10.5. The molecule has 1 heterocycles. The van der Waals surface area contributed by atoms with Crippen LogP contribution in [0.1, 0.15) is 24.0 Å². The molecule has 0 spiro atoms. The smallest absolute Gasteiger partial charge is 0.238 e. The van der Waals surface area contributed by atoms with E-state index in [1.807, 2.05) is 32.0 Å². The first-order valence-corrected chi connectivity index (χ1v) is 7.88. The lowest BCUT2D eigenvalue weighted by Crippen LogP contribution is -2.51. The van der Waals surface area contributed by atoms with Gasteiger partial charge < -0.3 is 15.8 Å². The Bertz CT molecular complexity index is 504. The zero-order valence-corrected chi connectivity index (χ0v) is 15.0. The summed E-state index contributed by atoms with van der Waals surface area (Å²) in [7, 11) is 1.74. The third kappa shape index (κ3) is 5.18. The van der Waals surface area contributed by atoms with Crippen LogP contribution >= 0.6 is 12.4 Å². The van der Waals surface area contributed by atoms with Crippen molar-refractivity contribution in [3.8, 4) is 0 Å². The highest BCUT2D eigenvalue weighted by molar-refractivity contribution is 5.93. The normalized spacial score (nSPS) is 21.6. The number of nitrogens with one attached hydrogen (secondary N) is 1. The number of ether oxygens (including phenoxy) is 1. The van der Waals surface area contributed by atoms with E-state index in [1.165, 1.54) is 0 Å². The Morgan fingerprint density at radius 2 is 2.04 bits per heavy atom. The SMILES string of the molecule is COC1CCN(CC(=O)Nc2c(C)cccc2C)C(CN)C1.Cl. The van der Waals surface area contributed by atoms with E-state index in [0.717, 1.165) is 36.2 Å². The van der Waals surface area contributed by atoms with Crippen LogP contribution in [0.15, 0.2) is 18.2 Å². The summed E-state index contributed by atoms with van der Waals surface area (Å²) in [6.07, 6.45) is 2.10. The van der Waals surface area contributed by atoms with Crippen LogP contribution in [0.3, 0.4) is 0 Å². The number of methoxy groups -OCH3 is 1. The number of rotatable bonds is 5. The third-order valence-electron chi connectivity index (χ3n) is 4.49. The number of halogens is 1. The van der Waals surface area contributed by atoms with Gasteiger partial charge in [0.1, 0.15) is 0 Å². The van der Waals surface area contributed by atoms with Crippen molar-refractivity contribution in [2.45, 2.75) is 38.8 Å². The number of amides is 1. The van der Waals surface area contributed by atoms with Gasteiger partial charge in [0.15, 0.2) is 0 Å². The second kappa shape index (κ2) is 9.23. The van der Waals surface area contributed by atoms with Crippen molar-refractivity contribution >= 4 is 24.0 Å². The molecule has 0 saturated carbocycles. The number of hydrogen-bond donors (Lipinski definition) is 2. The molecule has 1 aliphatic rings. The fourth-order valence-corrected chi connectivity index (χ4v) is 3.11. The fourth-order valence-electron chi connectivity index (χ4n) is 3.11. The van der Waals surface area contributed by atoms with Crippen molar-refractivity contribution in [3.05, 3.63) is 29.3 Å². The van der Waals surface area contributed by atoms with Gasteiger partial charge >= 0.3 is 0 Å². The molecule has 5 nitrogen and oxygen atoms in total. The average Bonchev–Trinajstić information content (AvgIpc) is 2.51. The van der Waals surface area contributed by atoms with E-state index >= 15 is 0 Å². The van der Waals surface area contributed by atoms with Crippen molar-refractivity contribution < 1.29 is 9.53 Å². The van der Waals surface area contributed by atoms with Crippen LogP contribution in [0.25, 0.3) is 0 Å². The van der Waals surface area contributed by atoms with Crippen molar-refractivity contribution in [1.82, 2.24) is 4.90 Å². The van der Waals surface area contributed by atoms with Crippen LogP contribution in [-0.2, 0) is 9.53 Å². The van der Waals surface area contributed by atoms with Gasteiger partial charge in [-0.3, -0.25) is 9.69 Å². The van der Waals surface area contributed by atoms with Gasteiger partial charge in [0.25, 0.3) is 0 Å². The third-order valence-corrected chi connectivity index (χ3v) is 4.49. The lowest BCUT2D eigenvalue weighted by Gasteiger charge is -2.38. The Morgan fingerprint density at radius 1 is 1.39 bits per heavy atom. The minimum atomic E-state index is 0. The molecule has 2 unspecified atom stereocenters. The molecule has 2 atom stereocenters. The van der Waals surface area contributed by atoms with E-state index in [0.29, 0.717) is 13.1 Å². The molecule has 1 amide bonds. The number of hydrogen-bond acceptors (Lipinski definition) is 4. The van der Waals surface area contributed by atoms with E-state index in [-0.39, 0.29) is 30.5 Å². The minimum Gasteiger partial charge on any atom is -0.381 e. The fraction of sp³-hybridized carbons (Fsp3) is 0.588. The molecule has 1 fully saturated rings. The lowest BCUT2D eigenvalue weighted by atomic mass is 9.99. The number of carbonyl (C=O) groups excluding carboxylic acids is 1. The number of nitrogens with two attached hydrogens (primary N) is 1. The molecule has 23 heavy (non-hydrogen) atoms. The highest BCUT2D eigenvalue weighted by atomic mass is 35.5. The maximum atomic E-state index is 12.4.